The van der Waals surface area contributed by atoms with E-state index in [1.807, 2.05) is 0 Å². The van der Waals surface area contributed by atoms with Crippen LogP contribution in [-0.4, -0.2) is 0 Å². The third-order valence-electron chi connectivity index (χ3n) is 4.91. The molecule has 2 aromatic rings. The van der Waals surface area contributed by atoms with Crippen LogP contribution in [0.3, 0.4) is 0 Å². The zero-order valence-electron chi connectivity index (χ0n) is 18.0. The van der Waals surface area contributed by atoms with Crippen LogP contribution in [0.2, 0.25) is 0 Å². The van der Waals surface area contributed by atoms with Crippen LogP contribution >= 0.6 is 0 Å². The molecule has 0 spiro atoms. The predicted octanol–water partition coefficient (Wildman–Crippen LogP) is 8.59. The Morgan fingerprint density at radius 3 is 1.00 bits per heavy atom. The maximum absolute atomic E-state index is 5.12. The molecule has 0 aliphatic carbocycles. The van der Waals surface area contributed by atoms with E-state index < -0.39 is 17.0 Å². The van der Waals surface area contributed by atoms with Gasteiger partial charge in [0.15, 0.2) is 0 Å². The van der Waals surface area contributed by atoms with Crippen LogP contribution in [0.1, 0.15) is 101 Å². The van der Waals surface area contributed by atoms with E-state index in [-0.39, 0.29) is 0 Å². The van der Waals surface area contributed by atoms with Crippen molar-refractivity contribution >= 4 is 11.4 Å². The number of hydrogen-bond donors (Lipinski definition) is 0. The Kier molecular flexibility index (Phi) is 7.93. The van der Waals surface area contributed by atoms with Crippen LogP contribution in [0.15, 0.2) is 43.7 Å². The molecule has 0 unspecified atom stereocenters. The first-order chi connectivity index (χ1) is 12.7. The van der Waals surface area contributed by atoms with E-state index in [1.165, 1.54) is 33.6 Å². The van der Waals surface area contributed by atoms with Gasteiger partial charge in [0, 0.05) is 0 Å². The summed E-state index contributed by atoms with van der Waals surface area (Å²) < 4.78 is 10.2. The fraction of sp³-hybridized carbons (Fsp3) is 0.500. The molecule has 0 saturated carbocycles. The van der Waals surface area contributed by atoms with Gasteiger partial charge in [-0.15, -0.1) is 0 Å². The van der Waals surface area contributed by atoms with Gasteiger partial charge in [-0.3, -0.25) is 0 Å². The van der Waals surface area contributed by atoms with Crippen molar-refractivity contribution in [3.8, 4) is 0 Å². The van der Waals surface area contributed by atoms with Crippen LogP contribution in [0.4, 0.5) is 11.4 Å². The summed E-state index contributed by atoms with van der Waals surface area (Å²) in [5.74, 6) is 1.91. The van der Waals surface area contributed by atoms with Gasteiger partial charge in [0.05, 0.1) is 0 Å². The molecule has 0 atom stereocenters. The fourth-order valence-electron chi connectivity index (χ4n) is 3.29. The molecule has 0 bridgehead atoms. The summed E-state index contributed by atoms with van der Waals surface area (Å²) in [5.41, 5.74) is 7.81. The van der Waals surface area contributed by atoms with E-state index in [9.17, 15) is 0 Å². The molecule has 0 saturated heterocycles. The van der Waals surface area contributed by atoms with Gasteiger partial charge in [-0.05, 0) is 0 Å². The van der Waals surface area contributed by atoms with Gasteiger partial charge in [-0.1, -0.05) is 0 Å². The SMILES string of the molecule is CC(C)c1cccc(C(C)C)c1[N]=[Os+2]=[N]c1c(C(C)C)cccc1C(C)C. The zero-order valence-corrected chi connectivity index (χ0v) is 20.6. The van der Waals surface area contributed by atoms with Crippen molar-refractivity contribution in [2.24, 2.45) is 7.29 Å². The minimum atomic E-state index is -0.949. The van der Waals surface area contributed by atoms with E-state index in [1.54, 1.807) is 0 Å². The van der Waals surface area contributed by atoms with Crippen LogP contribution in [0, 0.1) is 0 Å². The first kappa shape index (κ1) is 22.0. The van der Waals surface area contributed by atoms with Gasteiger partial charge < -0.3 is 0 Å². The number of rotatable bonds is 6. The molecule has 3 heteroatoms. The van der Waals surface area contributed by atoms with Gasteiger partial charge in [-0.25, -0.2) is 0 Å². The summed E-state index contributed by atoms with van der Waals surface area (Å²) in [4.78, 5) is 0. The molecule has 0 amide bonds. The molecule has 0 N–H and O–H groups in total. The van der Waals surface area contributed by atoms with Gasteiger partial charge in [-0.2, -0.15) is 0 Å². The molecular formula is C24H34N2Os+2. The van der Waals surface area contributed by atoms with Crippen molar-refractivity contribution in [3.05, 3.63) is 58.7 Å². The van der Waals surface area contributed by atoms with Crippen molar-refractivity contribution in [3.63, 3.8) is 0 Å². The molecule has 0 fully saturated rings. The standard InChI is InChI=1S/2C12H17N.Os/c2*1-8(2)10-6-5-7-11(9(3)4)12(10)13;/h2*5-9H,1-4H3;/q;;+2. The van der Waals surface area contributed by atoms with Crippen LogP contribution < -0.4 is 0 Å². The monoisotopic (exact) mass is 542 g/mol. The van der Waals surface area contributed by atoms with Crippen LogP contribution in [0.5, 0.6) is 0 Å². The third kappa shape index (κ3) is 5.36. The predicted molar refractivity (Wildman–Crippen MR) is 113 cm³/mol. The normalized spacial score (nSPS) is 11.6. The minimum absolute atomic E-state index is 0.477. The van der Waals surface area contributed by atoms with Crippen molar-refractivity contribution in [1.29, 1.82) is 0 Å². The van der Waals surface area contributed by atoms with E-state index in [4.69, 9.17) is 7.29 Å². The molecule has 27 heavy (non-hydrogen) atoms. The second-order valence-electron chi connectivity index (χ2n) is 8.42. The van der Waals surface area contributed by atoms with Crippen molar-refractivity contribution in [2.45, 2.75) is 79.1 Å². The van der Waals surface area contributed by atoms with Gasteiger partial charge >= 0.3 is 173 Å². The Morgan fingerprint density at radius 2 is 0.778 bits per heavy atom. The Hall–Kier alpha value is -1.32. The Bertz CT molecular complexity index is 721. The zero-order chi connectivity index (χ0) is 20.1. The molecular weight excluding hydrogens is 507 g/mol. The van der Waals surface area contributed by atoms with E-state index in [0.29, 0.717) is 23.7 Å². The molecule has 0 radical (unpaired) electrons. The molecule has 0 aliphatic rings. The first-order valence-corrected chi connectivity index (χ1v) is 12.3. The average Bonchev–Trinajstić information content (AvgIpc) is 2.61. The topological polar surface area (TPSA) is 24.7 Å². The molecule has 0 aromatic heterocycles. The number of benzene rings is 2. The van der Waals surface area contributed by atoms with E-state index in [0.717, 1.165) is 0 Å². The Labute approximate surface area is 173 Å². The summed E-state index contributed by atoms with van der Waals surface area (Å²) in [6, 6.07) is 13.3. The molecule has 0 heterocycles. The first-order valence-electron chi connectivity index (χ1n) is 10.0. The number of hydrogen-bond acceptors (Lipinski definition) is 2. The summed E-state index contributed by atoms with van der Waals surface area (Å²) >= 11 is -0.949. The average molecular weight is 541 g/mol. The summed E-state index contributed by atoms with van der Waals surface area (Å²) in [5, 5.41) is 0. The molecule has 2 aromatic carbocycles. The van der Waals surface area contributed by atoms with Crippen molar-refractivity contribution < 1.29 is 17.0 Å². The van der Waals surface area contributed by atoms with Gasteiger partial charge in [0.25, 0.3) is 0 Å². The third-order valence-corrected chi connectivity index (χ3v) is 6.56. The van der Waals surface area contributed by atoms with Gasteiger partial charge in [0.1, 0.15) is 0 Å². The van der Waals surface area contributed by atoms with Crippen LogP contribution in [0.25, 0.3) is 0 Å². The Balaban J connectivity index is 2.62. The van der Waals surface area contributed by atoms with Crippen LogP contribution in [-0.2, 0) is 17.0 Å². The maximum atomic E-state index is 5.12. The summed E-state index contributed by atoms with van der Waals surface area (Å²) in [6.45, 7) is 18.0. The summed E-state index contributed by atoms with van der Waals surface area (Å²) in [6.07, 6.45) is 0. The number of nitrogens with zero attached hydrogens (tertiary/aromatic N) is 2. The van der Waals surface area contributed by atoms with E-state index in [2.05, 4.69) is 91.8 Å². The Morgan fingerprint density at radius 1 is 0.519 bits per heavy atom. The fourth-order valence-corrected chi connectivity index (χ4v) is 5.24. The van der Waals surface area contributed by atoms with Crippen molar-refractivity contribution in [2.75, 3.05) is 0 Å². The quantitative estimate of drug-likeness (QED) is 0.350. The molecule has 0 aliphatic heterocycles. The molecule has 146 valence electrons. The molecule has 2 nitrogen and oxygen atoms in total. The van der Waals surface area contributed by atoms with Gasteiger partial charge in [0.2, 0.25) is 0 Å². The van der Waals surface area contributed by atoms with E-state index >= 15 is 0 Å². The second-order valence-corrected chi connectivity index (χ2v) is 10.1. The van der Waals surface area contributed by atoms with Crippen molar-refractivity contribution in [1.82, 2.24) is 0 Å². The summed E-state index contributed by atoms with van der Waals surface area (Å²) in [7, 11) is 0. The second kappa shape index (κ2) is 9.74. The molecule has 2 rings (SSSR count).